The molecule has 2 fully saturated rings. The van der Waals surface area contributed by atoms with Crippen LogP contribution >= 0.6 is 0 Å². The smallest absolute Gasteiger partial charge is 0.335 e. The van der Waals surface area contributed by atoms with Crippen molar-refractivity contribution in [3.63, 3.8) is 0 Å². The zero-order chi connectivity index (χ0) is 94.7. The Morgan fingerprint density at radius 3 is 1.01 bits per heavy atom. The van der Waals surface area contributed by atoms with Gasteiger partial charge in [0.25, 0.3) is 23.6 Å². The highest BCUT2D eigenvalue weighted by atomic mass is 19.1. The van der Waals surface area contributed by atoms with E-state index in [1.807, 2.05) is 91.5 Å². The molecule has 12 heterocycles. The first-order chi connectivity index (χ1) is 63.7. The Hall–Kier alpha value is -14.7. The first-order valence-electron chi connectivity index (χ1n) is 44.8. The van der Waals surface area contributed by atoms with E-state index < -0.39 is 47.1 Å². The number of hydrogen-bond acceptors (Lipinski definition) is 16. The van der Waals surface area contributed by atoms with E-state index >= 15 is 0 Å². The molecule has 8 aromatic heterocycles. The zero-order valence-electron chi connectivity index (χ0n) is 75.4. The number of aryl methyl sites for hydroxylation is 4. The molecule has 0 spiro atoms. The molecular weight excluding hydrogens is 1710 g/mol. The van der Waals surface area contributed by atoms with E-state index in [0.29, 0.717) is 107 Å². The number of halogens is 4. The fourth-order valence-corrected chi connectivity index (χ4v) is 18.0. The molecule has 4 atom stereocenters. The first kappa shape index (κ1) is 93.0. The van der Waals surface area contributed by atoms with Crippen LogP contribution in [-0.2, 0) is 44.1 Å². The Bertz CT molecular complexity index is 6920. The van der Waals surface area contributed by atoms with Crippen molar-refractivity contribution >= 4 is 70.1 Å². The number of rotatable bonds is 16. The number of amides is 4. The lowest BCUT2D eigenvalue weighted by Crippen LogP contribution is -2.47. The lowest BCUT2D eigenvalue weighted by Gasteiger charge is -2.44. The second-order valence-electron chi connectivity index (χ2n) is 34.7. The molecular formula is C101H102F4N16O12. The van der Waals surface area contributed by atoms with E-state index in [1.165, 1.54) is 66.1 Å². The molecule has 2 saturated heterocycles. The predicted octanol–water partition coefficient (Wildman–Crippen LogP) is 18.5. The van der Waals surface area contributed by atoms with Crippen LogP contribution in [0.1, 0.15) is 261 Å². The van der Waals surface area contributed by atoms with Gasteiger partial charge in [0.05, 0.1) is 51.1 Å². The van der Waals surface area contributed by atoms with E-state index in [2.05, 4.69) is 86.2 Å². The fourth-order valence-electron chi connectivity index (χ4n) is 18.0. The molecule has 133 heavy (non-hydrogen) atoms. The average Bonchev–Trinajstić information content (AvgIpc) is 1.73. The summed E-state index contributed by atoms with van der Waals surface area (Å²) < 4.78 is 64.9. The number of carbonyl (C=O) groups is 8. The maximum atomic E-state index is 14.7. The van der Waals surface area contributed by atoms with Gasteiger partial charge in [0.1, 0.15) is 46.0 Å². The van der Waals surface area contributed by atoms with Crippen molar-refractivity contribution in [1.29, 1.82) is 0 Å². The largest absolute Gasteiger partial charge is 0.478 e. The summed E-state index contributed by atoms with van der Waals surface area (Å²) in [5.41, 5.74) is 12.4. The molecule has 18 rings (SSSR count). The third-order valence-electron chi connectivity index (χ3n) is 25.4. The van der Waals surface area contributed by atoms with Gasteiger partial charge >= 0.3 is 23.9 Å². The van der Waals surface area contributed by atoms with Gasteiger partial charge in [-0.1, -0.05) is 122 Å². The van der Waals surface area contributed by atoms with E-state index in [4.69, 9.17) is 20.4 Å². The van der Waals surface area contributed by atoms with Gasteiger partial charge in [-0.05, 0) is 205 Å². The second-order valence-corrected chi connectivity index (χ2v) is 34.7. The van der Waals surface area contributed by atoms with E-state index in [-0.39, 0.29) is 97.7 Å². The topological polar surface area (TPSA) is 351 Å². The van der Waals surface area contributed by atoms with Crippen molar-refractivity contribution in [2.75, 3.05) is 19.6 Å². The summed E-state index contributed by atoms with van der Waals surface area (Å²) in [6.07, 6.45) is 12.9. The second kappa shape index (κ2) is 39.1. The molecule has 4 amide bonds. The number of fused-ring (bicyclic) bond motifs is 6. The molecule has 14 aromatic rings. The molecule has 686 valence electrons. The molecule has 0 saturated carbocycles. The highest BCUT2D eigenvalue weighted by Crippen LogP contribution is 2.41. The number of aromatic nitrogens is 12. The van der Waals surface area contributed by atoms with Crippen LogP contribution in [-0.4, -0.2) is 184 Å². The summed E-state index contributed by atoms with van der Waals surface area (Å²) in [5, 5.41) is 54.3. The van der Waals surface area contributed by atoms with Gasteiger partial charge in [-0.15, -0.1) is 0 Å². The summed E-state index contributed by atoms with van der Waals surface area (Å²) in [6.45, 7) is 22.9. The van der Waals surface area contributed by atoms with Crippen LogP contribution in [0.4, 0.5) is 17.6 Å². The van der Waals surface area contributed by atoms with Crippen LogP contribution < -0.4 is 0 Å². The standard InChI is InChI=1S/C28H27FN4O3.C26H23FN4O3.C24H27FN4O3.C23H25FN4O3/c1-5-18-13-24(26(34)32-15-28(3,4)21-9-7-6-8-19(21)16(32)2)30-25-14-23(31-33(18)25)20-11-10-17(27(35)36)12-22(20)29;1-3-19-12-23(25(32)30-14-18-7-5-4-6-16(18)10-15(30)2)28-24-13-22(29-31(19)24)20-9-8-17(26(33)34)11-21(20)27;1-3-17-13-21(23(30)28-11-7-5-4-6-8-15(28)2)26-22-14-20(27-29(17)22)18-10-9-16(24(31)32)12-19(18)25;1-3-16-12-20(22(29)27-10-6-4-5-7-14(27)2)25-21-13-19(26-28(16)21)17-9-8-15(23(30)31)11-18(17)24/h6-14,16H,5,15H2,1-4H3,(H,35,36);4-9,11-13,15H,3,10,14H2,1-2H3,(H,33,34);9-10,12-15H,3-8,11H2,1-2H3,(H,31,32);8-9,11-14H,3-7,10H2,1-2H3,(H,30,31)/t;;;14-/m...1/s1. The Morgan fingerprint density at radius 1 is 0.361 bits per heavy atom. The van der Waals surface area contributed by atoms with Crippen molar-refractivity contribution in [2.24, 2.45) is 0 Å². The molecule has 6 aromatic carbocycles. The molecule has 4 aliphatic heterocycles. The van der Waals surface area contributed by atoms with Gasteiger partial charge in [-0.25, -0.2) is 74.7 Å². The predicted molar refractivity (Wildman–Crippen MR) is 490 cm³/mol. The molecule has 28 nitrogen and oxygen atoms in total. The first-order valence-corrected chi connectivity index (χ1v) is 44.8. The van der Waals surface area contributed by atoms with Gasteiger partial charge in [0.2, 0.25) is 0 Å². The quantitative estimate of drug-likeness (QED) is 0.0653. The monoisotopic (exact) mass is 1810 g/mol. The Morgan fingerprint density at radius 2 is 0.669 bits per heavy atom. The zero-order valence-corrected chi connectivity index (χ0v) is 75.4. The van der Waals surface area contributed by atoms with Crippen molar-refractivity contribution in [3.8, 4) is 45.0 Å². The maximum Gasteiger partial charge on any atom is 0.335 e. The highest BCUT2D eigenvalue weighted by molar-refractivity contribution is 5.97. The van der Waals surface area contributed by atoms with Crippen molar-refractivity contribution in [3.05, 3.63) is 283 Å². The van der Waals surface area contributed by atoms with Gasteiger partial charge in [0.15, 0.2) is 22.6 Å². The van der Waals surface area contributed by atoms with Crippen LogP contribution in [0.25, 0.3) is 67.6 Å². The molecule has 32 heteroatoms. The van der Waals surface area contributed by atoms with Gasteiger partial charge in [0, 0.05) is 119 Å². The minimum Gasteiger partial charge on any atom is -0.478 e. The van der Waals surface area contributed by atoms with Crippen molar-refractivity contribution in [2.45, 2.75) is 195 Å². The number of carboxylic acid groups (broad SMARTS) is 4. The minimum absolute atomic E-state index is 0.0350. The molecule has 4 aliphatic rings. The SMILES string of the molecule is CCc1cc(C(=O)N2CC(C)(C)c3ccccc3C2C)nc2cc(-c3ccc(C(=O)O)cc3F)nn12.CCc1cc(C(=O)N2CCCCCCC2C)nc2cc(-c3ccc(C(=O)O)cc3F)nn12.CCc1cc(C(=O)N2CCCCC[C@H]2C)nc2cc(-c3ccc(C(=O)O)cc3F)nn12.CCc1cc(C(=O)N2Cc3ccccc3CC2C)nc2cc(-c3ccc(C(=O)O)cc3F)nn12. The minimum atomic E-state index is -1.20. The average molecular weight is 1810 g/mol. The van der Waals surface area contributed by atoms with Gasteiger partial charge in [-0.3, -0.25) is 19.2 Å². The molecule has 3 unspecified atom stereocenters. The third-order valence-corrected chi connectivity index (χ3v) is 25.4. The van der Waals surface area contributed by atoms with Gasteiger partial charge < -0.3 is 40.0 Å². The lowest BCUT2D eigenvalue weighted by atomic mass is 9.76. The molecule has 0 radical (unpaired) electrons. The van der Waals surface area contributed by atoms with Crippen LogP contribution in [0, 0.1) is 23.3 Å². The summed E-state index contributed by atoms with van der Waals surface area (Å²) in [7, 11) is 0. The lowest BCUT2D eigenvalue weighted by molar-refractivity contribution is 0.0606. The summed E-state index contributed by atoms with van der Waals surface area (Å²) in [6, 6.07) is 45.0. The van der Waals surface area contributed by atoms with Crippen LogP contribution in [0.3, 0.4) is 0 Å². The Balaban J connectivity index is 0.000000136. The number of likely N-dealkylation sites (tertiary alicyclic amines) is 2. The Kier molecular flexibility index (Phi) is 27.4. The van der Waals surface area contributed by atoms with E-state index in [0.717, 1.165) is 129 Å². The maximum absolute atomic E-state index is 14.7. The molecule has 4 N–H and O–H groups in total. The fraction of sp³-hybridized carbons (Fsp3) is 0.327. The number of carboxylic acids is 4. The van der Waals surface area contributed by atoms with E-state index in [1.54, 1.807) is 66.6 Å². The normalized spacial score (nSPS) is 16.6. The van der Waals surface area contributed by atoms with Crippen molar-refractivity contribution < 1.29 is 76.3 Å². The number of carbonyl (C=O) groups excluding carboxylic acids is 4. The number of hydrogen-bond donors (Lipinski definition) is 4. The Labute approximate surface area is 763 Å². The molecule has 0 bridgehead atoms. The number of aromatic carboxylic acids is 4. The van der Waals surface area contributed by atoms with Crippen LogP contribution in [0.15, 0.2) is 170 Å². The third kappa shape index (κ3) is 19.4. The summed E-state index contributed by atoms with van der Waals surface area (Å²) in [4.78, 5) is 124. The summed E-state index contributed by atoms with van der Waals surface area (Å²) >= 11 is 0. The number of nitrogens with zero attached hydrogens (tertiary/aromatic N) is 16. The van der Waals surface area contributed by atoms with Crippen LogP contribution in [0.2, 0.25) is 0 Å². The van der Waals surface area contributed by atoms with E-state index in [9.17, 15) is 55.9 Å². The summed E-state index contributed by atoms with van der Waals surface area (Å²) in [5.74, 6) is -7.99. The number of benzene rings is 6. The molecule has 0 aliphatic carbocycles. The highest BCUT2D eigenvalue weighted by Gasteiger charge is 2.40. The van der Waals surface area contributed by atoms with Gasteiger partial charge in [-0.2, -0.15) is 20.4 Å². The van der Waals surface area contributed by atoms with Crippen molar-refractivity contribution in [1.82, 2.24) is 78.0 Å². The van der Waals surface area contributed by atoms with Crippen LogP contribution in [0.5, 0.6) is 0 Å².